The molecule has 0 N–H and O–H groups in total. The van der Waals surface area contributed by atoms with Crippen LogP contribution in [0.25, 0.3) is 80.7 Å². The molecule has 0 atom stereocenters. The Morgan fingerprint density at radius 2 is 1.18 bits per heavy atom. The third-order valence-corrected chi connectivity index (χ3v) is 9.15. The summed E-state index contributed by atoms with van der Waals surface area (Å²) in [6.45, 7) is 0. The van der Waals surface area contributed by atoms with Crippen LogP contribution in [0.15, 0.2) is 132 Å². The fraction of sp³-hybridized carbons (Fsp3) is 0. The monoisotopic (exact) mass is 515 g/mol. The van der Waals surface area contributed by atoms with E-state index in [1.807, 2.05) is 11.3 Å². The Bertz CT molecular complexity index is 2350. The summed E-state index contributed by atoms with van der Waals surface area (Å²) < 4.78 is 11.7. The van der Waals surface area contributed by atoms with E-state index in [1.54, 1.807) is 0 Å². The minimum absolute atomic E-state index is 0.909. The van der Waals surface area contributed by atoms with Crippen molar-refractivity contribution in [2.75, 3.05) is 0 Å². The van der Waals surface area contributed by atoms with Gasteiger partial charge in [0.1, 0.15) is 5.58 Å². The molecular formula is C36H21NOS. The first-order chi connectivity index (χ1) is 19.3. The number of aromatic nitrogens is 1. The maximum atomic E-state index is 6.68. The molecule has 0 aliphatic carbocycles. The second-order valence-corrected chi connectivity index (χ2v) is 11.2. The van der Waals surface area contributed by atoms with E-state index in [0.29, 0.717) is 0 Å². The van der Waals surface area contributed by atoms with E-state index in [1.165, 1.54) is 53.1 Å². The van der Waals surface area contributed by atoms with Gasteiger partial charge in [0.15, 0.2) is 5.58 Å². The molecule has 182 valence electrons. The minimum atomic E-state index is 0.909. The molecule has 0 saturated heterocycles. The Labute approximate surface area is 227 Å². The van der Waals surface area contributed by atoms with Gasteiger partial charge >= 0.3 is 0 Å². The molecule has 0 aliphatic rings. The van der Waals surface area contributed by atoms with Crippen molar-refractivity contribution in [1.82, 2.24) is 4.57 Å². The predicted molar refractivity (Wildman–Crippen MR) is 166 cm³/mol. The summed E-state index contributed by atoms with van der Waals surface area (Å²) in [5.41, 5.74) is 7.66. The first-order valence-corrected chi connectivity index (χ1v) is 14.0. The second-order valence-electron chi connectivity index (χ2n) is 10.1. The quantitative estimate of drug-likeness (QED) is 0.224. The third-order valence-electron chi connectivity index (χ3n) is 8.01. The molecule has 0 amide bonds. The fourth-order valence-corrected chi connectivity index (χ4v) is 7.47. The number of thiophene rings is 1. The maximum absolute atomic E-state index is 6.68. The second kappa shape index (κ2) is 7.83. The van der Waals surface area contributed by atoms with Gasteiger partial charge in [-0.05, 0) is 47.5 Å². The number of hydrogen-bond donors (Lipinski definition) is 0. The number of para-hydroxylation sites is 3. The van der Waals surface area contributed by atoms with E-state index >= 15 is 0 Å². The SMILES string of the molecule is c1cc(-c2ccc3c(c2)sc2ccccc23)c2c(c1)oc1c(-n3c4ccccc4c4ccccc43)cccc12. The average molecular weight is 516 g/mol. The van der Waals surface area contributed by atoms with Gasteiger partial charge in [-0.1, -0.05) is 91.0 Å². The molecule has 0 unspecified atom stereocenters. The van der Waals surface area contributed by atoms with Crippen LogP contribution in [0.5, 0.6) is 0 Å². The van der Waals surface area contributed by atoms with Crippen LogP contribution in [-0.2, 0) is 0 Å². The van der Waals surface area contributed by atoms with Gasteiger partial charge < -0.3 is 8.98 Å². The van der Waals surface area contributed by atoms with E-state index in [9.17, 15) is 0 Å². The van der Waals surface area contributed by atoms with Gasteiger partial charge in [-0.2, -0.15) is 0 Å². The average Bonchev–Trinajstić information content (AvgIpc) is 3.66. The number of fused-ring (bicyclic) bond motifs is 9. The van der Waals surface area contributed by atoms with E-state index < -0.39 is 0 Å². The van der Waals surface area contributed by atoms with Crippen LogP contribution in [0.4, 0.5) is 0 Å². The highest BCUT2D eigenvalue weighted by Gasteiger charge is 2.19. The zero-order valence-corrected chi connectivity index (χ0v) is 21.7. The Morgan fingerprint density at radius 3 is 2.00 bits per heavy atom. The van der Waals surface area contributed by atoms with Gasteiger partial charge in [-0.25, -0.2) is 0 Å². The summed E-state index contributed by atoms with van der Waals surface area (Å²) in [6, 6.07) is 45.7. The largest absolute Gasteiger partial charge is 0.454 e. The normalized spacial score (nSPS) is 12.1. The van der Waals surface area contributed by atoms with Crippen LogP contribution in [0, 0.1) is 0 Å². The lowest BCUT2D eigenvalue weighted by Crippen LogP contribution is -1.94. The molecule has 3 heterocycles. The third kappa shape index (κ3) is 2.91. The molecule has 0 radical (unpaired) electrons. The molecule has 9 aromatic rings. The van der Waals surface area contributed by atoms with Crippen molar-refractivity contribution in [3.63, 3.8) is 0 Å². The van der Waals surface area contributed by atoms with E-state index in [-0.39, 0.29) is 0 Å². The Hall–Kier alpha value is -4.86. The molecule has 0 aliphatic heterocycles. The summed E-state index contributed by atoms with van der Waals surface area (Å²) in [6.07, 6.45) is 0. The van der Waals surface area contributed by atoms with Crippen LogP contribution < -0.4 is 0 Å². The fourth-order valence-electron chi connectivity index (χ4n) is 6.33. The molecule has 39 heavy (non-hydrogen) atoms. The molecule has 0 fully saturated rings. The Morgan fingerprint density at radius 1 is 0.513 bits per heavy atom. The molecule has 0 spiro atoms. The van der Waals surface area contributed by atoms with Gasteiger partial charge in [-0.15, -0.1) is 11.3 Å². The lowest BCUT2D eigenvalue weighted by molar-refractivity contribution is 0.666. The molecule has 3 heteroatoms. The number of furan rings is 1. The van der Waals surface area contributed by atoms with E-state index in [2.05, 4.69) is 132 Å². The van der Waals surface area contributed by atoms with Crippen LogP contribution in [0.1, 0.15) is 0 Å². The molecule has 0 bridgehead atoms. The van der Waals surface area contributed by atoms with Gasteiger partial charge in [0.05, 0.1) is 16.7 Å². The van der Waals surface area contributed by atoms with Crippen LogP contribution in [0.2, 0.25) is 0 Å². The van der Waals surface area contributed by atoms with Crippen LogP contribution in [-0.4, -0.2) is 4.57 Å². The standard InChI is InChI=1S/C36H21NOS/c1-4-14-29-24(9-1)25-10-2-5-15-30(25)37(29)31-16-7-13-28-35-23(12-8-17-32(35)38-36(28)31)22-19-20-27-26-11-3-6-18-33(26)39-34(27)21-22/h1-21H. The highest BCUT2D eigenvalue weighted by Crippen LogP contribution is 2.42. The smallest absolute Gasteiger partial charge is 0.159 e. The number of nitrogens with zero attached hydrogens (tertiary/aromatic N) is 1. The van der Waals surface area contributed by atoms with Crippen molar-refractivity contribution in [3.05, 3.63) is 127 Å². The first kappa shape index (κ1) is 21.1. The number of hydrogen-bond acceptors (Lipinski definition) is 2. The molecular weight excluding hydrogens is 494 g/mol. The van der Waals surface area contributed by atoms with Gasteiger partial charge in [0, 0.05) is 41.7 Å². The van der Waals surface area contributed by atoms with Gasteiger partial charge in [0.2, 0.25) is 0 Å². The highest BCUT2D eigenvalue weighted by molar-refractivity contribution is 7.25. The van der Waals surface area contributed by atoms with Crippen molar-refractivity contribution >= 4 is 75.3 Å². The van der Waals surface area contributed by atoms with Gasteiger partial charge in [0.25, 0.3) is 0 Å². The zero-order chi connectivity index (χ0) is 25.5. The highest BCUT2D eigenvalue weighted by atomic mass is 32.1. The van der Waals surface area contributed by atoms with E-state index in [0.717, 1.165) is 27.6 Å². The van der Waals surface area contributed by atoms with Gasteiger partial charge in [-0.3, -0.25) is 0 Å². The van der Waals surface area contributed by atoms with Crippen LogP contribution >= 0.6 is 11.3 Å². The summed E-state index contributed by atoms with van der Waals surface area (Å²) in [7, 11) is 0. The summed E-state index contributed by atoms with van der Waals surface area (Å²) in [4.78, 5) is 0. The van der Waals surface area contributed by atoms with Crippen LogP contribution in [0.3, 0.4) is 0 Å². The predicted octanol–water partition coefficient (Wildman–Crippen LogP) is 10.7. The molecule has 9 rings (SSSR count). The van der Waals surface area contributed by atoms with Crippen molar-refractivity contribution in [2.45, 2.75) is 0 Å². The number of rotatable bonds is 2. The van der Waals surface area contributed by atoms with Crippen molar-refractivity contribution < 1.29 is 4.42 Å². The molecule has 0 saturated carbocycles. The minimum Gasteiger partial charge on any atom is -0.454 e. The zero-order valence-electron chi connectivity index (χ0n) is 20.9. The molecule has 6 aromatic carbocycles. The summed E-state index contributed by atoms with van der Waals surface area (Å²) >= 11 is 1.86. The molecule has 2 nitrogen and oxygen atoms in total. The van der Waals surface area contributed by atoms with Crippen molar-refractivity contribution in [2.24, 2.45) is 0 Å². The Kier molecular flexibility index (Phi) is 4.24. The summed E-state index contributed by atoms with van der Waals surface area (Å²) in [5.74, 6) is 0. The van der Waals surface area contributed by atoms with Crippen molar-refractivity contribution in [3.8, 4) is 16.8 Å². The topological polar surface area (TPSA) is 18.1 Å². The lowest BCUT2D eigenvalue weighted by atomic mass is 9.98. The summed E-state index contributed by atoms with van der Waals surface area (Å²) in [5, 5.41) is 7.44. The van der Waals surface area contributed by atoms with E-state index in [4.69, 9.17) is 4.42 Å². The first-order valence-electron chi connectivity index (χ1n) is 13.2. The molecule has 3 aromatic heterocycles. The maximum Gasteiger partial charge on any atom is 0.159 e. The lowest BCUT2D eigenvalue weighted by Gasteiger charge is -2.08. The number of benzene rings is 6. The Balaban J connectivity index is 1.33. The van der Waals surface area contributed by atoms with Crippen molar-refractivity contribution in [1.29, 1.82) is 0 Å².